The van der Waals surface area contributed by atoms with Crippen molar-refractivity contribution in [3.63, 3.8) is 0 Å². The van der Waals surface area contributed by atoms with E-state index in [0.717, 1.165) is 6.07 Å². The molecule has 7 nitrogen and oxygen atoms in total. The molecule has 0 radical (unpaired) electrons. The lowest BCUT2D eigenvalue weighted by Gasteiger charge is -2.26. The molecule has 202 valence electrons. The molecule has 3 amide bonds. The van der Waals surface area contributed by atoms with Gasteiger partial charge in [0.2, 0.25) is 18.0 Å². The van der Waals surface area contributed by atoms with Crippen molar-refractivity contribution in [2.45, 2.75) is 31.1 Å². The Morgan fingerprint density at radius 2 is 1.62 bits per heavy atom. The predicted octanol–water partition coefficient (Wildman–Crippen LogP) is 4.29. The fraction of sp³-hybridized carbons (Fsp3) is 0.214. The van der Waals surface area contributed by atoms with E-state index in [1.807, 2.05) is 0 Å². The zero-order chi connectivity index (χ0) is 28.2. The number of fused-ring (bicyclic) bond motifs is 1. The number of nitrogens with zero attached hydrogens (tertiary/aromatic N) is 1. The highest BCUT2D eigenvalue weighted by Crippen LogP contribution is 2.33. The van der Waals surface area contributed by atoms with Crippen LogP contribution in [0.25, 0.3) is 0 Å². The minimum atomic E-state index is -4.62. The van der Waals surface area contributed by atoms with Crippen LogP contribution in [-0.2, 0) is 14.4 Å². The van der Waals surface area contributed by atoms with Crippen LogP contribution >= 0.6 is 0 Å². The van der Waals surface area contributed by atoms with Gasteiger partial charge in [-0.05, 0) is 18.1 Å². The summed E-state index contributed by atoms with van der Waals surface area (Å²) in [6.45, 7) is 0. The Kier molecular flexibility index (Phi) is 8.08. The summed E-state index contributed by atoms with van der Waals surface area (Å²) < 4.78 is 54.3. The second-order valence-electron chi connectivity index (χ2n) is 8.96. The Bertz CT molecular complexity index is 1390. The Morgan fingerprint density at radius 1 is 0.974 bits per heavy atom. The fourth-order valence-corrected chi connectivity index (χ4v) is 4.49. The first-order chi connectivity index (χ1) is 18.5. The molecule has 3 atom stereocenters. The summed E-state index contributed by atoms with van der Waals surface area (Å²) in [6.07, 6.45) is -8.39. The quantitative estimate of drug-likeness (QED) is 0.371. The Balaban J connectivity index is 1.73. The standard InChI is InChI=1S/C28H24F4N4O3/c29-20-13-7-12-19-22(17-10-5-2-6-11-17)34-25(27(39)35-23(19)20)36-26(38)18(14-15-28(30,31)32)21(24(33)37)16-8-3-1-4-9-16/h1-13,18,21,25H,14-15H2,(H2,33,37)(H,35,39)(H,36,38)/t18?,21?,25-/m1/s1. The molecule has 4 N–H and O–H groups in total. The third-order valence-electron chi connectivity index (χ3n) is 6.29. The molecule has 3 aromatic carbocycles. The van der Waals surface area contributed by atoms with Crippen molar-refractivity contribution in [1.82, 2.24) is 5.32 Å². The highest BCUT2D eigenvalue weighted by Gasteiger charge is 2.39. The van der Waals surface area contributed by atoms with E-state index < -0.39 is 60.6 Å². The van der Waals surface area contributed by atoms with Gasteiger partial charge in [-0.1, -0.05) is 72.8 Å². The van der Waals surface area contributed by atoms with E-state index in [-0.39, 0.29) is 22.5 Å². The number of amides is 3. The van der Waals surface area contributed by atoms with Crippen molar-refractivity contribution >= 4 is 29.1 Å². The normalized spacial score (nSPS) is 16.7. The minimum absolute atomic E-state index is 0.158. The molecule has 0 spiro atoms. The number of aliphatic imine (C=N–C) groups is 1. The number of carbonyl (C=O) groups is 3. The second kappa shape index (κ2) is 11.5. The summed E-state index contributed by atoms with van der Waals surface area (Å²) in [5.74, 6) is -6.67. The Labute approximate surface area is 221 Å². The van der Waals surface area contributed by atoms with Gasteiger partial charge in [-0.2, -0.15) is 13.2 Å². The van der Waals surface area contributed by atoms with Crippen LogP contribution in [0.5, 0.6) is 0 Å². The molecule has 0 fully saturated rings. The number of benzene rings is 3. The number of carbonyl (C=O) groups excluding carboxylic acids is 3. The molecule has 1 aliphatic heterocycles. The number of para-hydroxylation sites is 1. The van der Waals surface area contributed by atoms with Gasteiger partial charge in [0.1, 0.15) is 5.82 Å². The van der Waals surface area contributed by atoms with Gasteiger partial charge in [0.15, 0.2) is 0 Å². The monoisotopic (exact) mass is 540 g/mol. The SMILES string of the molecule is NC(=O)C(c1ccccc1)C(CCC(F)(F)F)C(=O)N[C@H]1N=C(c2ccccc2)c2cccc(F)c2NC1=O. The summed E-state index contributed by atoms with van der Waals surface area (Å²) >= 11 is 0. The first-order valence-electron chi connectivity index (χ1n) is 12.0. The van der Waals surface area contributed by atoms with Crippen molar-refractivity contribution in [2.24, 2.45) is 16.6 Å². The number of halogens is 4. The van der Waals surface area contributed by atoms with E-state index in [0.29, 0.717) is 5.56 Å². The van der Waals surface area contributed by atoms with Crippen LogP contribution < -0.4 is 16.4 Å². The third-order valence-corrected chi connectivity index (χ3v) is 6.29. The lowest BCUT2D eigenvalue weighted by Crippen LogP contribution is -2.47. The number of alkyl halides is 3. The smallest absolute Gasteiger partial charge is 0.369 e. The molecule has 1 aliphatic rings. The lowest BCUT2D eigenvalue weighted by molar-refractivity contribution is -0.144. The molecule has 11 heteroatoms. The van der Waals surface area contributed by atoms with Crippen LogP contribution in [0.2, 0.25) is 0 Å². The molecular formula is C28H24F4N4O3. The first kappa shape index (κ1) is 27.5. The first-order valence-corrected chi connectivity index (χ1v) is 12.0. The predicted molar refractivity (Wildman–Crippen MR) is 136 cm³/mol. The van der Waals surface area contributed by atoms with E-state index in [1.165, 1.54) is 18.2 Å². The van der Waals surface area contributed by atoms with E-state index in [2.05, 4.69) is 15.6 Å². The number of benzodiazepines with no additional fused rings is 1. The number of nitrogens with two attached hydrogens (primary N) is 1. The molecule has 0 aliphatic carbocycles. The average Bonchev–Trinajstić information content (AvgIpc) is 3.04. The summed E-state index contributed by atoms with van der Waals surface area (Å²) in [6, 6.07) is 20.3. The van der Waals surface area contributed by atoms with Gasteiger partial charge in [-0.3, -0.25) is 14.4 Å². The number of anilines is 1. The topological polar surface area (TPSA) is 114 Å². The molecule has 2 unspecified atom stereocenters. The Hall–Kier alpha value is -4.54. The third kappa shape index (κ3) is 6.49. The van der Waals surface area contributed by atoms with Gasteiger partial charge in [-0.25, -0.2) is 9.38 Å². The van der Waals surface area contributed by atoms with Crippen molar-refractivity contribution < 1.29 is 31.9 Å². The highest BCUT2D eigenvalue weighted by molar-refractivity contribution is 6.20. The van der Waals surface area contributed by atoms with Crippen molar-refractivity contribution in [2.75, 3.05) is 5.32 Å². The molecule has 4 rings (SSSR count). The van der Waals surface area contributed by atoms with Gasteiger partial charge < -0.3 is 16.4 Å². The number of hydrogen-bond donors (Lipinski definition) is 3. The van der Waals surface area contributed by atoms with Gasteiger partial charge >= 0.3 is 6.18 Å². The van der Waals surface area contributed by atoms with Gasteiger partial charge in [0.05, 0.1) is 23.2 Å². The Morgan fingerprint density at radius 3 is 2.23 bits per heavy atom. The number of hydrogen-bond acceptors (Lipinski definition) is 4. The molecule has 0 aromatic heterocycles. The lowest BCUT2D eigenvalue weighted by atomic mass is 9.81. The molecular weight excluding hydrogens is 516 g/mol. The average molecular weight is 541 g/mol. The maximum atomic E-state index is 14.7. The summed E-state index contributed by atoms with van der Waals surface area (Å²) in [5, 5.41) is 4.78. The van der Waals surface area contributed by atoms with Crippen LogP contribution in [0.3, 0.4) is 0 Å². The highest BCUT2D eigenvalue weighted by atomic mass is 19.4. The summed E-state index contributed by atoms with van der Waals surface area (Å²) in [7, 11) is 0. The largest absolute Gasteiger partial charge is 0.389 e. The molecule has 3 aromatic rings. The van der Waals surface area contributed by atoms with Crippen LogP contribution in [0.4, 0.5) is 23.2 Å². The molecule has 0 saturated carbocycles. The summed E-state index contributed by atoms with van der Waals surface area (Å²) in [5.41, 5.74) is 6.58. The van der Waals surface area contributed by atoms with Gasteiger partial charge in [0, 0.05) is 17.5 Å². The van der Waals surface area contributed by atoms with Crippen LogP contribution in [0.15, 0.2) is 83.9 Å². The van der Waals surface area contributed by atoms with Crippen molar-refractivity contribution in [3.05, 3.63) is 101 Å². The maximum absolute atomic E-state index is 14.7. The zero-order valence-electron chi connectivity index (χ0n) is 20.4. The van der Waals surface area contributed by atoms with E-state index in [9.17, 15) is 31.9 Å². The van der Waals surface area contributed by atoms with E-state index >= 15 is 0 Å². The molecule has 39 heavy (non-hydrogen) atoms. The fourth-order valence-electron chi connectivity index (χ4n) is 4.49. The number of rotatable bonds is 8. The number of primary amides is 1. The second-order valence-corrected chi connectivity index (χ2v) is 8.96. The van der Waals surface area contributed by atoms with E-state index in [4.69, 9.17) is 5.73 Å². The number of nitrogens with one attached hydrogen (secondary N) is 2. The molecule has 1 heterocycles. The molecule has 0 bridgehead atoms. The van der Waals surface area contributed by atoms with Crippen molar-refractivity contribution in [3.8, 4) is 0 Å². The minimum Gasteiger partial charge on any atom is -0.369 e. The van der Waals surface area contributed by atoms with Crippen LogP contribution in [0.1, 0.15) is 35.4 Å². The van der Waals surface area contributed by atoms with Gasteiger partial charge in [-0.15, -0.1) is 0 Å². The van der Waals surface area contributed by atoms with Gasteiger partial charge in [0.25, 0.3) is 5.91 Å². The maximum Gasteiger partial charge on any atom is 0.389 e. The van der Waals surface area contributed by atoms with Crippen molar-refractivity contribution in [1.29, 1.82) is 0 Å². The summed E-state index contributed by atoms with van der Waals surface area (Å²) in [4.78, 5) is 43.4. The van der Waals surface area contributed by atoms with E-state index in [1.54, 1.807) is 54.6 Å². The van der Waals surface area contributed by atoms with Crippen LogP contribution in [0, 0.1) is 11.7 Å². The van der Waals surface area contributed by atoms with Crippen LogP contribution in [-0.4, -0.2) is 35.8 Å². The molecule has 0 saturated heterocycles. The zero-order valence-corrected chi connectivity index (χ0v) is 20.4.